The highest BCUT2D eigenvalue weighted by Crippen LogP contribution is 2.38. The largest absolute Gasteiger partial charge is 0.493 e. The fraction of sp³-hybridized carbons (Fsp3) is 0.316. The Morgan fingerprint density at radius 3 is 2.24 bits per heavy atom. The molecule has 0 fully saturated rings. The molecule has 1 N–H and O–H groups in total. The number of methoxy groups -OCH3 is 3. The summed E-state index contributed by atoms with van der Waals surface area (Å²) in [6.07, 6.45) is 0.952. The molecule has 0 radical (unpaired) electrons. The number of halogens is 1. The Balaban J connectivity index is 1.95. The van der Waals surface area contributed by atoms with Crippen LogP contribution in [-0.4, -0.2) is 33.8 Å². The second kappa shape index (κ2) is 9.18. The van der Waals surface area contributed by atoms with E-state index in [1.807, 2.05) is 24.3 Å². The minimum Gasteiger partial charge on any atom is -0.493 e. The van der Waals surface area contributed by atoms with Gasteiger partial charge in [0.25, 0.3) is 0 Å². The van der Waals surface area contributed by atoms with Gasteiger partial charge in [0.05, 0.1) is 27.8 Å². The van der Waals surface area contributed by atoms with E-state index >= 15 is 0 Å². The average Bonchev–Trinajstić information content (AvgIpc) is 2.60. The van der Waals surface area contributed by atoms with Crippen LogP contribution in [0.2, 0.25) is 5.02 Å². The molecule has 0 unspecified atom stereocenters. The van der Waals surface area contributed by atoms with Crippen molar-refractivity contribution in [2.75, 3.05) is 27.9 Å². The van der Waals surface area contributed by atoms with Gasteiger partial charge in [0.15, 0.2) is 11.5 Å². The van der Waals surface area contributed by atoms with Crippen LogP contribution in [0.5, 0.6) is 17.2 Å². The fourth-order valence-electron chi connectivity index (χ4n) is 2.52. The van der Waals surface area contributed by atoms with Crippen molar-refractivity contribution in [2.45, 2.75) is 12.8 Å². The van der Waals surface area contributed by atoms with E-state index in [4.69, 9.17) is 25.8 Å². The van der Waals surface area contributed by atoms with E-state index in [1.54, 1.807) is 33.5 Å². The van der Waals surface area contributed by atoms with Crippen LogP contribution >= 0.6 is 11.6 Å². The van der Waals surface area contributed by atoms with Crippen molar-refractivity contribution in [1.29, 1.82) is 0 Å². The number of carbonyl (C=O) groups is 1. The number of carbonyl (C=O) groups excluding carboxylic acids is 1. The molecule has 0 bridgehead atoms. The molecule has 2 aromatic rings. The predicted molar refractivity (Wildman–Crippen MR) is 98.0 cm³/mol. The van der Waals surface area contributed by atoms with Gasteiger partial charge in [-0.1, -0.05) is 23.7 Å². The molecule has 134 valence electrons. The molecule has 1 amide bonds. The van der Waals surface area contributed by atoms with E-state index in [-0.39, 0.29) is 12.3 Å². The van der Waals surface area contributed by atoms with Gasteiger partial charge in [-0.2, -0.15) is 0 Å². The molecule has 0 aliphatic rings. The third-order valence-electron chi connectivity index (χ3n) is 3.71. The van der Waals surface area contributed by atoms with Gasteiger partial charge in [0, 0.05) is 11.6 Å². The molecule has 0 aliphatic carbocycles. The predicted octanol–water partition coefficient (Wildman–Crippen LogP) is 3.27. The van der Waals surface area contributed by atoms with E-state index in [0.29, 0.717) is 28.8 Å². The minimum absolute atomic E-state index is 0.0729. The summed E-state index contributed by atoms with van der Waals surface area (Å²) in [5, 5.41) is 3.60. The van der Waals surface area contributed by atoms with E-state index in [1.165, 1.54) is 0 Å². The molecule has 0 aliphatic heterocycles. The first kappa shape index (κ1) is 18.9. The van der Waals surface area contributed by atoms with Gasteiger partial charge in [-0.3, -0.25) is 4.79 Å². The lowest BCUT2D eigenvalue weighted by Gasteiger charge is -2.14. The highest BCUT2D eigenvalue weighted by atomic mass is 35.5. The lowest BCUT2D eigenvalue weighted by Crippen LogP contribution is -2.27. The molecule has 0 saturated carbocycles. The van der Waals surface area contributed by atoms with E-state index in [0.717, 1.165) is 17.5 Å². The summed E-state index contributed by atoms with van der Waals surface area (Å²) in [5.74, 6) is 1.50. The lowest BCUT2D eigenvalue weighted by atomic mass is 10.1. The third kappa shape index (κ3) is 5.29. The Bertz CT molecular complexity index is 708. The van der Waals surface area contributed by atoms with Crippen molar-refractivity contribution in [3.8, 4) is 17.2 Å². The molecule has 2 aromatic carbocycles. The Labute approximate surface area is 152 Å². The molecule has 25 heavy (non-hydrogen) atoms. The molecular formula is C19H22ClNO4. The lowest BCUT2D eigenvalue weighted by molar-refractivity contribution is -0.120. The number of hydrogen-bond acceptors (Lipinski definition) is 4. The number of nitrogens with one attached hydrogen (secondary N) is 1. The molecule has 0 heterocycles. The van der Waals surface area contributed by atoms with Gasteiger partial charge in [0.2, 0.25) is 11.7 Å². The summed E-state index contributed by atoms with van der Waals surface area (Å²) in [7, 11) is 4.64. The maximum absolute atomic E-state index is 12.2. The molecule has 0 spiro atoms. The molecule has 0 aromatic heterocycles. The monoisotopic (exact) mass is 363 g/mol. The first-order valence-electron chi connectivity index (χ1n) is 7.87. The van der Waals surface area contributed by atoms with Gasteiger partial charge in [0.1, 0.15) is 0 Å². The second-order valence-corrected chi connectivity index (χ2v) is 5.88. The standard InChI is InChI=1S/C19H22ClNO4/c1-23-16-10-14(11-17(24-2)19(16)25-3)12-18(22)21-8-7-13-5-4-6-15(20)9-13/h4-6,9-11H,7-8,12H2,1-3H3,(H,21,22). The fourth-order valence-corrected chi connectivity index (χ4v) is 2.74. The van der Waals surface area contributed by atoms with E-state index in [2.05, 4.69) is 5.32 Å². The number of ether oxygens (including phenoxy) is 3. The average molecular weight is 364 g/mol. The SMILES string of the molecule is COc1cc(CC(=O)NCCc2cccc(Cl)c2)cc(OC)c1OC. The molecule has 5 nitrogen and oxygen atoms in total. The van der Waals surface area contributed by atoms with Crippen LogP contribution < -0.4 is 19.5 Å². The van der Waals surface area contributed by atoms with Crippen LogP contribution in [0.3, 0.4) is 0 Å². The maximum atomic E-state index is 12.2. The minimum atomic E-state index is -0.0729. The Morgan fingerprint density at radius 2 is 1.68 bits per heavy atom. The van der Waals surface area contributed by atoms with Crippen molar-refractivity contribution in [2.24, 2.45) is 0 Å². The highest BCUT2D eigenvalue weighted by molar-refractivity contribution is 6.30. The van der Waals surface area contributed by atoms with Gasteiger partial charge in [-0.25, -0.2) is 0 Å². The van der Waals surface area contributed by atoms with Crippen LogP contribution in [0.15, 0.2) is 36.4 Å². The summed E-state index contributed by atoms with van der Waals surface area (Å²) in [6, 6.07) is 11.2. The van der Waals surface area contributed by atoms with Gasteiger partial charge in [-0.15, -0.1) is 0 Å². The Kier molecular flexibility index (Phi) is 6.95. The zero-order valence-corrected chi connectivity index (χ0v) is 15.4. The summed E-state index contributed by atoms with van der Waals surface area (Å²) in [4.78, 5) is 12.2. The zero-order valence-electron chi connectivity index (χ0n) is 14.6. The Hall–Kier alpha value is -2.40. The highest BCUT2D eigenvalue weighted by Gasteiger charge is 2.14. The summed E-state index contributed by atoms with van der Waals surface area (Å²) in [5.41, 5.74) is 1.87. The molecule has 2 rings (SSSR count). The normalized spacial score (nSPS) is 10.2. The van der Waals surface area contributed by atoms with Crippen LogP contribution in [0.4, 0.5) is 0 Å². The van der Waals surface area contributed by atoms with Crippen LogP contribution in [0.1, 0.15) is 11.1 Å². The molecule has 0 atom stereocenters. The van der Waals surface area contributed by atoms with Crippen molar-refractivity contribution < 1.29 is 19.0 Å². The number of amides is 1. The van der Waals surface area contributed by atoms with E-state index in [9.17, 15) is 4.79 Å². The van der Waals surface area contributed by atoms with Crippen molar-refractivity contribution in [3.63, 3.8) is 0 Å². The van der Waals surface area contributed by atoms with Crippen LogP contribution in [0.25, 0.3) is 0 Å². The number of rotatable bonds is 8. The second-order valence-electron chi connectivity index (χ2n) is 5.44. The van der Waals surface area contributed by atoms with Gasteiger partial charge < -0.3 is 19.5 Å². The molecule has 6 heteroatoms. The van der Waals surface area contributed by atoms with Crippen molar-refractivity contribution in [3.05, 3.63) is 52.5 Å². The van der Waals surface area contributed by atoms with Gasteiger partial charge >= 0.3 is 0 Å². The number of hydrogen-bond donors (Lipinski definition) is 1. The van der Waals surface area contributed by atoms with Crippen molar-refractivity contribution in [1.82, 2.24) is 5.32 Å². The molecular weight excluding hydrogens is 342 g/mol. The maximum Gasteiger partial charge on any atom is 0.224 e. The summed E-state index contributed by atoms with van der Waals surface area (Å²) < 4.78 is 15.9. The first-order valence-corrected chi connectivity index (χ1v) is 8.25. The number of benzene rings is 2. The molecule has 0 saturated heterocycles. The van der Waals surface area contributed by atoms with E-state index < -0.39 is 0 Å². The van der Waals surface area contributed by atoms with Crippen molar-refractivity contribution >= 4 is 17.5 Å². The first-order chi connectivity index (χ1) is 12.1. The topological polar surface area (TPSA) is 56.8 Å². The Morgan fingerprint density at radius 1 is 1.00 bits per heavy atom. The summed E-state index contributed by atoms with van der Waals surface area (Å²) in [6.45, 7) is 0.545. The summed E-state index contributed by atoms with van der Waals surface area (Å²) >= 11 is 5.95. The van der Waals surface area contributed by atoms with Gasteiger partial charge in [-0.05, 0) is 41.8 Å². The quantitative estimate of drug-likeness (QED) is 0.782. The van der Waals surface area contributed by atoms with Crippen LogP contribution in [-0.2, 0) is 17.6 Å². The zero-order chi connectivity index (χ0) is 18.2. The smallest absolute Gasteiger partial charge is 0.224 e. The van der Waals surface area contributed by atoms with Crippen LogP contribution in [0, 0.1) is 0 Å². The third-order valence-corrected chi connectivity index (χ3v) is 3.95.